The van der Waals surface area contributed by atoms with Crippen LogP contribution in [0.4, 0.5) is 23.2 Å². The van der Waals surface area contributed by atoms with Gasteiger partial charge in [-0.25, -0.2) is 4.39 Å². The zero-order chi connectivity index (χ0) is 23.8. The summed E-state index contributed by atoms with van der Waals surface area (Å²) in [5.74, 6) is -1.37. The number of carbonyl (C=O) groups is 1. The summed E-state index contributed by atoms with van der Waals surface area (Å²) in [5.41, 5.74) is 5.58. The van der Waals surface area contributed by atoms with Crippen LogP contribution in [0.5, 0.6) is 0 Å². The molecule has 1 unspecified atom stereocenters. The summed E-state index contributed by atoms with van der Waals surface area (Å²) >= 11 is 0. The number of hydrogen-bond donors (Lipinski definition) is 1. The van der Waals surface area contributed by atoms with Gasteiger partial charge in [0.25, 0.3) is 5.91 Å². The van der Waals surface area contributed by atoms with Crippen molar-refractivity contribution in [3.8, 4) is 0 Å². The lowest BCUT2D eigenvalue weighted by molar-refractivity contribution is -0.137. The molecule has 4 rings (SSSR count). The predicted molar refractivity (Wildman–Crippen MR) is 114 cm³/mol. The number of rotatable bonds is 7. The monoisotopic (exact) mass is 464 g/mol. The van der Waals surface area contributed by atoms with E-state index in [4.69, 9.17) is 5.73 Å². The van der Waals surface area contributed by atoms with Gasteiger partial charge in [-0.1, -0.05) is 18.2 Å². The van der Waals surface area contributed by atoms with Crippen LogP contribution in [0.2, 0.25) is 0 Å². The lowest BCUT2D eigenvalue weighted by atomic mass is 9.98. The van der Waals surface area contributed by atoms with Crippen LogP contribution < -0.4 is 5.73 Å². The van der Waals surface area contributed by atoms with Gasteiger partial charge in [0, 0.05) is 17.8 Å². The van der Waals surface area contributed by atoms with Crippen LogP contribution in [0.25, 0.3) is 0 Å². The van der Waals surface area contributed by atoms with Gasteiger partial charge in [0.2, 0.25) is 0 Å². The summed E-state index contributed by atoms with van der Waals surface area (Å²) in [4.78, 5) is 26.5. The number of likely N-dealkylation sites (tertiary alicyclic amines) is 1. The molecular formula is C23H24F4N4O2. The number of halogens is 4. The summed E-state index contributed by atoms with van der Waals surface area (Å²) in [5, 5.41) is 4.31. The Kier molecular flexibility index (Phi) is 6.27. The van der Waals surface area contributed by atoms with E-state index in [0.29, 0.717) is 43.1 Å². The number of hydrogen-bond acceptors (Lipinski definition) is 4. The van der Waals surface area contributed by atoms with Gasteiger partial charge in [0.1, 0.15) is 5.82 Å². The highest BCUT2D eigenvalue weighted by Crippen LogP contribution is 2.46. The Bertz CT molecular complexity index is 1040. The van der Waals surface area contributed by atoms with Crippen molar-refractivity contribution in [2.45, 2.75) is 43.9 Å². The van der Waals surface area contributed by atoms with E-state index in [0.717, 1.165) is 18.6 Å². The highest BCUT2D eigenvalue weighted by atomic mass is 19.4. The van der Waals surface area contributed by atoms with E-state index in [1.54, 1.807) is 29.2 Å². The normalized spacial score (nSPS) is 19.4. The lowest BCUT2D eigenvalue weighted by Gasteiger charge is -2.33. The zero-order valence-electron chi connectivity index (χ0n) is 17.8. The molecule has 2 N–H and O–H groups in total. The fourth-order valence-electron chi connectivity index (χ4n) is 4.57. The van der Waals surface area contributed by atoms with E-state index < -0.39 is 23.6 Å². The molecule has 1 saturated heterocycles. The van der Waals surface area contributed by atoms with E-state index in [9.17, 15) is 27.3 Å². The van der Waals surface area contributed by atoms with Crippen molar-refractivity contribution in [2.75, 3.05) is 18.8 Å². The number of carbonyl (C=O) groups excluding carboxylic acids is 1. The Morgan fingerprint density at radius 1 is 1.18 bits per heavy atom. The van der Waals surface area contributed by atoms with E-state index in [1.807, 2.05) is 0 Å². The maximum absolute atomic E-state index is 14.8. The molecule has 2 atom stereocenters. The fraction of sp³-hybridized carbons (Fsp3) is 0.435. The smallest absolute Gasteiger partial charge is 0.398 e. The van der Waals surface area contributed by atoms with Crippen molar-refractivity contribution < 1.29 is 22.4 Å². The van der Waals surface area contributed by atoms with Crippen molar-refractivity contribution >= 4 is 11.6 Å². The Labute approximate surface area is 188 Å². The van der Waals surface area contributed by atoms with Gasteiger partial charge in [-0.15, -0.1) is 4.91 Å². The minimum absolute atomic E-state index is 0.00766. The molecule has 1 heterocycles. The summed E-state index contributed by atoms with van der Waals surface area (Å²) < 4.78 is 53.6. The number of anilines is 1. The molecule has 6 nitrogen and oxygen atoms in total. The minimum atomic E-state index is -4.67. The molecule has 0 spiro atoms. The number of para-hydroxylation sites is 1. The van der Waals surface area contributed by atoms with E-state index in [1.165, 1.54) is 5.01 Å². The fourth-order valence-corrected chi connectivity index (χ4v) is 4.57. The Balaban J connectivity index is 1.57. The van der Waals surface area contributed by atoms with Gasteiger partial charge in [0.15, 0.2) is 0 Å². The third-order valence-corrected chi connectivity index (χ3v) is 6.37. The number of nitrogens with two attached hydrogens (primary N) is 1. The molecule has 10 heteroatoms. The number of nitroso groups, excluding NO2 is 1. The molecule has 2 aromatic carbocycles. The molecule has 1 amide bonds. The molecule has 2 aliphatic rings. The Hall–Kier alpha value is -3.17. The molecule has 2 fully saturated rings. The number of nitrogen functional groups attached to an aromatic ring is 1. The first-order chi connectivity index (χ1) is 15.7. The second-order valence-corrected chi connectivity index (χ2v) is 8.60. The van der Waals surface area contributed by atoms with Crippen LogP contribution in [0.15, 0.2) is 47.8 Å². The van der Waals surface area contributed by atoms with Crippen LogP contribution >= 0.6 is 0 Å². The van der Waals surface area contributed by atoms with Crippen LogP contribution in [-0.4, -0.2) is 34.9 Å². The molecule has 1 aliphatic heterocycles. The number of benzene rings is 2. The summed E-state index contributed by atoms with van der Waals surface area (Å²) in [6.07, 6.45) is -1.90. The SMILES string of the molecule is Nc1ccccc1C(=O)N1CCC[C@@H]1CN(N=O)C(c1ccc(C(F)(F)F)cc1F)C1CC1. The van der Waals surface area contributed by atoms with Crippen LogP contribution in [-0.2, 0) is 6.18 Å². The predicted octanol–water partition coefficient (Wildman–Crippen LogP) is 5.17. The molecule has 0 aromatic heterocycles. The largest absolute Gasteiger partial charge is 0.416 e. The van der Waals surface area contributed by atoms with Crippen LogP contribution in [0.3, 0.4) is 0 Å². The maximum atomic E-state index is 14.8. The summed E-state index contributed by atoms with van der Waals surface area (Å²) in [6, 6.07) is 7.92. The molecule has 0 radical (unpaired) electrons. The van der Waals surface area contributed by atoms with E-state index in [2.05, 4.69) is 5.29 Å². The van der Waals surface area contributed by atoms with Crippen molar-refractivity contribution in [3.63, 3.8) is 0 Å². The molecule has 2 aromatic rings. The van der Waals surface area contributed by atoms with Gasteiger partial charge in [-0.2, -0.15) is 13.2 Å². The topological polar surface area (TPSA) is 79.0 Å². The second kappa shape index (κ2) is 8.99. The number of alkyl halides is 3. The third kappa shape index (κ3) is 4.79. The minimum Gasteiger partial charge on any atom is -0.398 e. The van der Waals surface area contributed by atoms with Crippen LogP contribution in [0, 0.1) is 16.6 Å². The van der Waals surface area contributed by atoms with Crippen molar-refractivity contribution in [1.29, 1.82) is 0 Å². The quantitative estimate of drug-likeness (QED) is 0.266. The highest BCUT2D eigenvalue weighted by Gasteiger charge is 2.42. The standard InChI is InChI=1S/C23H24F4N4O2/c24-19-12-15(23(25,26)27)9-10-17(19)21(14-7-8-14)31(29-33)13-16-4-3-11-30(16)22(32)18-5-1-2-6-20(18)28/h1-2,5-6,9-10,12,14,16,21H,3-4,7-8,11,13,28H2/t16-,21?/m1/s1. The maximum Gasteiger partial charge on any atom is 0.416 e. The van der Waals surface area contributed by atoms with Gasteiger partial charge in [-0.3, -0.25) is 9.80 Å². The third-order valence-electron chi connectivity index (χ3n) is 6.37. The highest BCUT2D eigenvalue weighted by molar-refractivity contribution is 5.99. The van der Waals surface area contributed by atoms with E-state index >= 15 is 0 Å². The summed E-state index contributed by atoms with van der Waals surface area (Å²) in [7, 11) is 0. The van der Waals surface area contributed by atoms with Gasteiger partial charge >= 0.3 is 6.18 Å². The number of nitrogens with zero attached hydrogens (tertiary/aromatic N) is 3. The van der Waals surface area contributed by atoms with Crippen molar-refractivity contribution in [1.82, 2.24) is 9.91 Å². The Morgan fingerprint density at radius 2 is 1.91 bits per heavy atom. The average molecular weight is 464 g/mol. The zero-order valence-corrected chi connectivity index (χ0v) is 17.8. The molecule has 0 bridgehead atoms. The first-order valence-corrected chi connectivity index (χ1v) is 10.8. The molecule has 33 heavy (non-hydrogen) atoms. The first-order valence-electron chi connectivity index (χ1n) is 10.8. The molecule has 1 aliphatic carbocycles. The van der Waals surface area contributed by atoms with Crippen LogP contribution in [0.1, 0.15) is 53.2 Å². The van der Waals surface area contributed by atoms with Gasteiger partial charge in [0.05, 0.1) is 35.0 Å². The van der Waals surface area contributed by atoms with E-state index in [-0.39, 0.29) is 30.0 Å². The van der Waals surface area contributed by atoms with Crippen molar-refractivity contribution in [3.05, 3.63) is 69.9 Å². The molecule has 1 saturated carbocycles. The van der Waals surface area contributed by atoms with Gasteiger partial charge in [-0.05, 0) is 55.9 Å². The Morgan fingerprint density at radius 3 is 2.52 bits per heavy atom. The second-order valence-electron chi connectivity index (χ2n) is 8.60. The van der Waals surface area contributed by atoms with Gasteiger partial charge < -0.3 is 10.6 Å². The number of amides is 1. The van der Waals surface area contributed by atoms with Crippen molar-refractivity contribution in [2.24, 2.45) is 11.2 Å². The molecule has 176 valence electrons. The summed E-state index contributed by atoms with van der Waals surface area (Å²) in [6.45, 7) is 0.539. The first kappa shape index (κ1) is 23.0. The average Bonchev–Trinajstić information content (AvgIpc) is 3.50. The lowest BCUT2D eigenvalue weighted by Crippen LogP contribution is -2.43. The molecular weight excluding hydrogens is 440 g/mol.